The highest BCUT2D eigenvalue weighted by molar-refractivity contribution is 5.96. The maximum absolute atomic E-state index is 12.3. The predicted molar refractivity (Wildman–Crippen MR) is 85.5 cm³/mol. The summed E-state index contributed by atoms with van der Waals surface area (Å²) in [6, 6.07) is 7.41. The SMILES string of the molecule is CCc1nn(C)cc1NC(C)C(=O)Nc1ccccc1C. The van der Waals surface area contributed by atoms with Crippen LogP contribution in [0.3, 0.4) is 0 Å². The second-order valence-electron chi connectivity index (χ2n) is 5.19. The van der Waals surface area contributed by atoms with E-state index in [0.717, 1.165) is 29.1 Å². The average molecular weight is 286 g/mol. The monoisotopic (exact) mass is 286 g/mol. The number of aryl methyl sites for hydroxylation is 3. The molecular weight excluding hydrogens is 264 g/mol. The van der Waals surface area contributed by atoms with Crippen LogP contribution in [0.2, 0.25) is 0 Å². The molecule has 2 rings (SSSR count). The smallest absolute Gasteiger partial charge is 0.246 e. The molecule has 0 fully saturated rings. The Morgan fingerprint density at radius 1 is 1.33 bits per heavy atom. The van der Waals surface area contributed by atoms with E-state index in [1.165, 1.54) is 0 Å². The van der Waals surface area contributed by atoms with Crippen LogP contribution in [0.5, 0.6) is 0 Å². The largest absolute Gasteiger partial charge is 0.371 e. The Labute approximate surface area is 125 Å². The van der Waals surface area contributed by atoms with Crippen LogP contribution in [0, 0.1) is 6.92 Å². The van der Waals surface area contributed by atoms with Crippen LogP contribution in [0.15, 0.2) is 30.5 Å². The van der Waals surface area contributed by atoms with Gasteiger partial charge in [-0.2, -0.15) is 5.10 Å². The first kappa shape index (κ1) is 15.1. The van der Waals surface area contributed by atoms with E-state index in [0.29, 0.717) is 0 Å². The first-order chi connectivity index (χ1) is 10.0. The number of para-hydroxylation sites is 1. The molecule has 1 aromatic heterocycles. The number of anilines is 2. The van der Waals surface area contributed by atoms with Gasteiger partial charge in [0.05, 0.1) is 11.4 Å². The van der Waals surface area contributed by atoms with Crippen molar-refractivity contribution in [3.63, 3.8) is 0 Å². The fraction of sp³-hybridized carbons (Fsp3) is 0.375. The van der Waals surface area contributed by atoms with E-state index in [1.54, 1.807) is 4.68 Å². The minimum atomic E-state index is -0.334. The first-order valence-corrected chi connectivity index (χ1v) is 7.16. The van der Waals surface area contributed by atoms with E-state index >= 15 is 0 Å². The zero-order valence-corrected chi connectivity index (χ0v) is 13.0. The van der Waals surface area contributed by atoms with Gasteiger partial charge >= 0.3 is 0 Å². The van der Waals surface area contributed by atoms with Crippen LogP contribution in [-0.2, 0) is 18.3 Å². The van der Waals surface area contributed by atoms with Crippen molar-refractivity contribution in [2.75, 3.05) is 10.6 Å². The molecule has 0 bridgehead atoms. The van der Waals surface area contributed by atoms with Gasteiger partial charge in [-0.05, 0) is 31.9 Å². The number of carbonyl (C=O) groups is 1. The van der Waals surface area contributed by atoms with Gasteiger partial charge in [-0.25, -0.2) is 0 Å². The molecule has 5 heteroatoms. The second-order valence-corrected chi connectivity index (χ2v) is 5.19. The lowest BCUT2D eigenvalue weighted by Crippen LogP contribution is -2.32. The van der Waals surface area contributed by atoms with Gasteiger partial charge in [-0.3, -0.25) is 9.48 Å². The number of aromatic nitrogens is 2. The molecule has 0 aliphatic rings. The molecule has 2 aromatic rings. The average Bonchev–Trinajstić information content (AvgIpc) is 2.81. The van der Waals surface area contributed by atoms with Crippen LogP contribution in [0.25, 0.3) is 0 Å². The molecular formula is C16H22N4O. The van der Waals surface area contributed by atoms with Gasteiger partial charge in [0.1, 0.15) is 6.04 Å². The van der Waals surface area contributed by atoms with Crippen LogP contribution in [0.1, 0.15) is 25.1 Å². The van der Waals surface area contributed by atoms with Crippen molar-refractivity contribution in [3.8, 4) is 0 Å². The Kier molecular flexibility index (Phi) is 4.62. The van der Waals surface area contributed by atoms with Gasteiger partial charge in [0.15, 0.2) is 0 Å². The number of rotatable bonds is 5. The molecule has 5 nitrogen and oxygen atoms in total. The minimum Gasteiger partial charge on any atom is -0.371 e. The Morgan fingerprint density at radius 2 is 2.05 bits per heavy atom. The second kappa shape index (κ2) is 6.43. The number of hydrogen-bond donors (Lipinski definition) is 2. The van der Waals surface area contributed by atoms with Crippen LogP contribution in [-0.4, -0.2) is 21.7 Å². The van der Waals surface area contributed by atoms with E-state index < -0.39 is 0 Å². The van der Waals surface area contributed by atoms with Crippen molar-refractivity contribution in [1.29, 1.82) is 0 Å². The summed E-state index contributed by atoms with van der Waals surface area (Å²) in [7, 11) is 1.88. The number of nitrogens with one attached hydrogen (secondary N) is 2. The summed E-state index contributed by atoms with van der Waals surface area (Å²) < 4.78 is 1.76. The summed E-state index contributed by atoms with van der Waals surface area (Å²) in [5.74, 6) is -0.0600. The molecule has 1 amide bonds. The summed E-state index contributed by atoms with van der Waals surface area (Å²) in [5, 5.41) is 10.5. The van der Waals surface area contributed by atoms with E-state index in [-0.39, 0.29) is 11.9 Å². The number of benzene rings is 1. The Morgan fingerprint density at radius 3 is 2.71 bits per heavy atom. The molecule has 1 aromatic carbocycles. The molecule has 1 unspecified atom stereocenters. The highest BCUT2D eigenvalue weighted by atomic mass is 16.2. The highest BCUT2D eigenvalue weighted by Crippen LogP contribution is 2.17. The first-order valence-electron chi connectivity index (χ1n) is 7.16. The standard InChI is InChI=1S/C16H22N4O/c1-5-13-15(10-20(4)19-13)17-12(3)16(21)18-14-9-7-6-8-11(14)2/h6-10,12,17H,5H2,1-4H3,(H,18,21). The third-order valence-corrected chi connectivity index (χ3v) is 3.41. The van der Waals surface area contributed by atoms with Crippen molar-refractivity contribution in [2.45, 2.75) is 33.2 Å². The third kappa shape index (κ3) is 3.62. The summed E-state index contributed by atoms with van der Waals surface area (Å²) >= 11 is 0. The molecule has 0 aliphatic carbocycles. The zero-order valence-electron chi connectivity index (χ0n) is 13.0. The topological polar surface area (TPSA) is 59.0 Å². The summed E-state index contributed by atoms with van der Waals surface area (Å²) in [4.78, 5) is 12.3. The lowest BCUT2D eigenvalue weighted by Gasteiger charge is -2.16. The van der Waals surface area contributed by atoms with Crippen molar-refractivity contribution in [1.82, 2.24) is 9.78 Å². The van der Waals surface area contributed by atoms with E-state index in [4.69, 9.17) is 0 Å². The Bertz CT molecular complexity index is 633. The molecule has 1 heterocycles. The molecule has 0 aliphatic heterocycles. The van der Waals surface area contributed by atoms with Crippen molar-refractivity contribution < 1.29 is 4.79 Å². The number of carbonyl (C=O) groups excluding carboxylic acids is 1. The predicted octanol–water partition coefficient (Wildman–Crippen LogP) is 2.73. The van der Waals surface area contributed by atoms with Crippen molar-refractivity contribution in [2.24, 2.45) is 7.05 Å². The summed E-state index contributed by atoms with van der Waals surface area (Å²) in [6.45, 7) is 5.87. The van der Waals surface area contributed by atoms with Gasteiger partial charge in [0.2, 0.25) is 5.91 Å². The van der Waals surface area contributed by atoms with E-state index in [1.807, 2.05) is 58.3 Å². The quantitative estimate of drug-likeness (QED) is 0.888. The zero-order chi connectivity index (χ0) is 15.4. The molecule has 112 valence electrons. The maximum atomic E-state index is 12.3. The number of hydrogen-bond acceptors (Lipinski definition) is 3. The van der Waals surface area contributed by atoms with E-state index in [2.05, 4.69) is 15.7 Å². The molecule has 0 radical (unpaired) electrons. The normalized spacial score (nSPS) is 12.0. The lowest BCUT2D eigenvalue weighted by molar-refractivity contribution is -0.116. The lowest BCUT2D eigenvalue weighted by atomic mass is 10.2. The number of amides is 1. The van der Waals surface area contributed by atoms with E-state index in [9.17, 15) is 4.79 Å². The molecule has 2 N–H and O–H groups in total. The van der Waals surface area contributed by atoms with Crippen LogP contribution < -0.4 is 10.6 Å². The Hall–Kier alpha value is -2.30. The van der Waals surface area contributed by atoms with Crippen LogP contribution in [0.4, 0.5) is 11.4 Å². The maximum Gasteiger partial charge on any atom is 0.246 e. The fourth-order valence-electron chi connectivity index (χ4n) is 2.17. The van der Waals surface area contributed by atoms with Crippen molar-refractivity contribution >= 4 is 17.3 Å². The number of nitrogens with zero attached hydrogens (tertiary/aromatic N) is 2. The van der Waals surface area contributed by atoms with Gasteiger partial charge in [0, 0.05) is 18.9 Å². The summed E-state index contributed by atoms with van der Waals surface area (Å²) in [5.41, 5.74) is 3.77. The molecule has 0 saturated heterocycles. The minimum absolute atomic E-state index is 0.0600. The van der Waals surface area contributed by atoms with Crippen molar-refractivity contribution in [3.05, 3.63) is 41.7 Å². The molecule has 0 spiro atoms. The third-order valence-electron chi connectivity index (χ3n) is 3.41. The molecule has 1 atom stereocenters. The van der Waals surface area contributed by atoms with Crippen LogP contribution >= 0.6 is 0 Å². The Balaban J connectivity index is 2.04. The molecule has 0 saturated carbocycles. The van der Waals surface area contributed by atoms with Gasteiger partial charge in [-0.1, -0.05) is 25.1 Å². The molecule has 21 heavy (non-hydrogen) atoms. The van der Waals surface area contributed by atoms with Gasteiger partial charge in [-0.15, -0.1) is 0 Å². The summed E-state index contributed by atoms with van der Waals surface area (Å²) in [6.07, 6.45) is 2.73. The highest BCUT2D eigenvalue weighted by Gasteiger charge is 2.16. The fourth-order valence-corrected chi connectivity index (χ4v) is 2.17. The van der Waals surface area contributed by atoms with Gasteiger partial charge in [0.25, 0.3) is 0 Å². The van der Waals surface area contributed by atoms with Gasteiger partial charge < -0.3 is 10.6 Å².